The molecule has 0 aliphatic rings. The highest BCUT2D eigenvalue weighted by Gasteiger charge is 2.10. The molecule has 0 aliphatic carbocycles. The van der Waals surface area contributed by atoms with Crippen LogP contribution >= 0.6 is 0 Å². The average molecular weight is 364 g/mol. The van der Waals surface area contributed by atoms with Crippen LogP contribution in [0, 0.1) is 0 Å². The summed E-state index contributed by atoms with van der Waals surface area (Å²) in [5.74, 6) is 0.119. The van der Waals surface area contributed by atoms with Crippen molar-refractivity contribution in [1.82, 2.24) is 9.78 Å². The Morgan fingerprint density at radius 3 is 2.48 bits per heavy atom. The van der Waals surface area contributed by atoms with E-state index in [1.807, 2.05) is 30.3 Å². The van der Waals surface area contributed by atoms with Crippen molar-refractivity contribution < 1.29 is 14.6 Å². The lowest BCUT2D eigenvalue weighted by Gasteiger charge is -2.08. The Morgan fingerprint density at radius 1 is 1.15 bits per heavy atom. The van der Waals surface area contributed by atoms with Gasteiger partial charge in [-0.2, -0.15) is 5.10 Å². The first-order valence-corrected chi connectivity index (χ1v) is 8.58. The van der Waals surface area contributed by atoms with Gasteiger partial charge >= 0.3 is 0 Å². The lowest BCUT2D eigenvalue weighted by atomic mass is 10.1. The normalized spacial score (nSPS) is 11.8. The molecule has 0 saturated heterocycles. The summed E-state index contributed by atoms with van der Waals surface area (Å²) in [4.78, 5) is 24.5. The molecular weight excluding hydrogens is 344 g/mol. The number of rotatable bonds is 7. The van der Waals surface area contributed by atoms with E-state index in [1.165, 1.54) is 12.3 Å². The molecule has 0 radical (unpaired) electrons. The minimum absolute atomic E-state index is 0.161. The van der Waals surface area contributed by atoms with Crippen molar-refractivity contribution in [1.29, 1.82) is 0 Å². The Bertz CT molecular complexity index is 963. The predicted octanol–water partition coefficient (Wildman–Crippen LogP) is 2.76. The van der Waals surface area contributed by atoms with E-state index >= 15 is 0 Å². The van der Waals surface area contributed by atoms with Crippen LogP contribution in [0.2, 0.25) is 0 Å². The van der Waals surface area contributed by atoms with E-state index in [-0.39, 0.29) is 12.3 Å². The number of aliphatic hydroxyl groups is 1. The molecule has 27 heavy (non-hydrogen) atoms. The summed E-state index contributed by atoms with van der Waals surface area (Å²) in [7, 11) is 0. The molecular formula is C21H20N2O4. The van der Waals surface area contributed by atoms with Gasteiger partial charge in [0.2, 0.25) is 0 Å². The minimum atomic E-state index is -0.595. The van der Waals surface area contributed by atoms with Crippen molar-refractivity contribution >= 4 is 5.78 Å². The zero-order chi connectivity index (χ0) is 19.2. The van der Waals surface area contributed by atoms with E-state index in [2.05, 4.69) is 5.10 Å². The largest absolute Gasteiger partial charge is 0.487 e. The van der Waals surface area contributed by atoms with Crippen LogP contribution in [0.3, 0.4) is 0 Å². The fraction of sp³-hybridized carbons (Fsp3) is 0.190. The molecule has 0 saturated carbocycles. The predicted molar refractivity (Wildman–Crippen MR) is 101 cm³/mol. The summed E-state index contributed by atoms with van der Waals surface area (Å²) in [5.41, 5.74) is 1.76. The molecule has 6 heteroatoms. The van der Waals surface area contributed by atoms with E-state index in [4.69, 9.17) is 4.74 Å². The van der Waals surface area contributed by atoms with E-state index in [9.17, 15) is 14.7 Å². The molecule has 1 heterocycles. The molecule has 1 N–H and O–H groups in total. The van der Waals surface area contributed by atoms with Gasteiger partial charge in [0, 0.05) is 11.6 Å². The number of hydrogen-bond acceptors (Lipinski definition) is 5. The molecule has 0 spiro atoms. The van der Waals surface area contributed by atoms with Crippen molar-refractivity contribution in [3.05, 3.63) is 93.9 Å². The topological polar surface area (TPSA) is 81.4 Å². The lowest BCUT2D eigenvalue weighted by Crippen LogP contribution is -2.26. The van der Waals surface area contributed by atoms with Crippen molar-refractivity contribution in [2.75, 3.05) is 0 Å². The van der Waals surface area contributed by atoms with E-state index in [1.54, 1.807) is 31.2 Å². The summed E-state index contributed by atoms with van der Waals surface area (Å²) in [6.07, 6.45) is 0.829. The molecule has 1 atom stereocenters. The third-order valence-electron chi connectivity index (χ3n) is 4.10. The Kier molecular flexibility index (Phi) is 5.78. The Balaban J connectivity index is 1.65. The Morgan fingerprint density at radius 2 is 1.85 bits per heavy atom. The first kappa shape index (κ1) is 18.5. The molecule has 1 unspecified atom stereocenters. The van der Waals surface area contributed by atoms with E-state index < -0.39 is 11.7 Å². The van der Waals surface area contributed by atoms with E-state index in [0.29, 0.717) is 17.9 Å². The second-order valence-corrected chi connectivity index (χ2v) is 6.18. The fourth-order valence-electron chi connectivity index (χ4n) is 2.53. The summed E-state index contributed by atoms with van der Waals surface area (Å²) in [5, 5.41) is 13.5. The van der Waals surface area contributed by atoms with Crippen molar-refractivity contribution in [3.8, 4) is 5.75 Å². The summed E-state index contributed by atoms with van der Waals surface area (Å²) in [6.45, 7) is 1.83. The van der Waals surface area contributed by atoms with Gasteiger partial charge in [0.1, 0.15) is 18.9 Å². The van der Waals surface area contributed by atoms with Crippen LogP contribution in [0.4, 0.5) is 0 Å². The van der Waals surface area contributed by atoms with Gasteiger partial charge in [0.15, 0.2) is 5.78 Å². The first-order valence-electron chi connectivity index (χ1n) is 8.58. The maximum atomic E-state index is 12.3. The summed E-state index contributed by atoms with van der Waals surface area (Å²) >= 11 is 0. The molecule has 0 bridgehead atoms. The first-order chi connectivity index (χ1) is 13.0. The zero-order valence-corrected chi connectivity index (χ0v) is 14.9. The van der Waals surface area contributed by atoms with Crippen LogP contribution in [0.15, 0.2) is 71.7 Å². The summed E-state index contributed by atoms with van der Waals surface area (Å²) < 4.78 is 6.67. The number of aromatic nitrogens is 2. The van der Waals surface area contributed by atoms with Crippen LogP contribution < -0.4 is 10.3 Å². The standard InChI is InChI=1S/C21H20N2O4/c1-15(24)17-7-9-18(10-8-17)20(25)13-23-21(26)11-19(12-22-23)27-14-16-5-3-2-4-6-16/h2-12,15,24H,13-14H2,1H3. The second kappa shape index (κ2) is 8.42. The average Bonchev–Trinajstić information content (AvgIpc) is 2.69. The molecule has 0 fully saturated rings. The van der Waals surface area contributed by atoms with Gasteiger partial charge in [-0.15, -0.1) is 0 Å². The highest BCUT2D eigenvalue weighted by molar-refractivity contribution is 5.95. The van der Waals surface area contributed by atoms with Crippen LogP contribution in [0.25, 0.3) is 0 Å². The molecule has 1 aromatic heterocycles. The monoisotopic (exact) mass is 364 g/mol. The number of benzene rings is 2. The van der Waals surface area contributed by atoms with Gasteiger partial charge < -0.3 is 9.84 Å². The number of carbonyl (C=O) groups excluding carboxylic acids is 1. The van der Waals surface area contributed by atoms with Crippen LogP contribution in [0.1, 0.15) is 34.5 Å². The SMILES string of the molecule is CC(O)c1ccc(C(=O)Cn2ncc(OCc3ccccc3)cc2=O)cc1. The Hall–Kier alpha value is -3.25. The smallest absolute Gasteiger partial charge is 0.270 e. The van der Waals surface area contributed by atoms with Gasteiger partial charge in [-0.25, -0.2) is 4.68 Å². The van der Waals surface area contributed by atoms with Gasteiger partial charge in [-0.1, -0.05) is 54.6 Å². The van der Waals surface area contributed by atoms with Crippen LogP contribution in [0.5, 0.6) is 5.75 Å². The molecule has 138 valence electrons. The summed E-state index contributed by atoms with van der Waals surface area (Å²) in [6, 6.07) is 17.6. The van der Waals surface area contributed by atoms with Gasteiger partial charge in [-0.05, 0) is 18.1 Å². The quantitative estimate of drug-likeness (QED) is 0.652. The van der Waals surface area contributed by atoms with Gasteiger partial charge in [0.25, 0.3) is 5.56 Å². The number of Topliss-reactive ketones (excluding diaryl/α,β-unsaturated/α-hetero) is 1. The minimum Gasteiger partial charge on any atom is -0.487 e. The molecule has 6 nitrogen and oxygen atoms in total. The van der Waals surface area contributed by atoms with Crippen LogP contribution in [-0.2, 0) is 13.2 Å². The maximum absolute atomic E-state index is 12.3. The lowest BCUT2D eigenvalue weighted by molar-refractivity contribution is 0.0965. The molecule has 0 aliphatic heterocycles. The van der Waals surface area contributed by atoms with E-state index in [0.717, 1.165) is 15.8 Å². The number of hydrogen-bond donors (Lipinski definition) is 1. The Labute approximate surface area is 156 Å². The second-order valence-electron chi connectivity index (χ2n) is 6.18. The highest BCUT2D eigenvalue weighted by atomic mass is 16.5. The number of ketones is 1. The number of carbonyl (C=O) groups is 1. The number of aliphatic hydroxyl groups excluding tert-OH is 1. The number of nitrogens with zero attached hydrogens (tertiary/aromatic N) is 2. The van der Waals surface area contributed by atoms with Crippen molar-refractivity contribution in [2.24, 2.45) is 0 Å². The van der Waals surface area contributed by atoms with Gasteiger partial charge in [0.05, 0.1) is 12.3 Å². The zero-order valence-electron chi connectivity index (χ0n) is 14.9. The maximum Gasteiger partial charge on any atom is 0.270 e. The molecule has 3 rings (SSSR count). The van der Waals surface area contributed by atoms with Crippen LogP contribution in [-0.4, -0.2) is 20.7 Å². The third-order valence-corrected chi connectivity index (χ3v) is 4.10. The molecule has 2 aromatic carbocycles. The highest BCUT2D eigenvalue weighted by Crippen LogP contribution is 2.13. The van der Waals surface area contributed by atoms with Crippen molar-refractivity contribution in [3.63, 3.8) is 0 Å². The third kappa shape index (κ3) is 4.89. The molecule has 3 aromatic rings. The number of ether oxygens (including phenoxy) is 1. The fourth-order valence-corrected chi connectivity index (χ4v) is 2.53. The van der Waals surface area contributed by atoms with Gasteiger partial charge in [-0.3, -0.25) is 9.59 Å². The molecule has 0 amide bonds. The van der Waals surface area contributed by atoms with Crippen molar-refractivity contribution in [2.45, 2.75) is 26.2 Å².